The summed E-state index contributed by atoms with van der Waals surface area (Å²) < 4.78 is 0. The van der Waals surface area contributed by atoms with Crippen molar-refractivity contribution < 1.29 is 14.7 Å². The van der Waals surface area contributed by atoms with Gasteiger partial charge in [0.15, 0.2) is 0 Å². The third-order valence-corrected chi connectivity index (χ3v) is 6.47. The minimum atomic E-state index is -1.01. The van der Waals surface area contributed by atoms with Gasteiger partial charge in [0.25, 0.3) is 0 Å². The first-order valence-electron chi connectivity index (χ1n) is 8.53. The second-order valence-electron chi connectivity index (χ2n) is 6.63. The lowest BCUT2D eigenvalue weighted by Gasteiger charge is -2.29. The molecule has 1 aliphatic rings. The number of carbonyl (C=O) groups excluding carboxylic acids is 1. The average Bonchev–Trinajstić information content (AvgIpc) is 2.70. The van der Waals surface area contributed by atoms with Crippen LogP contribution in [0, 0.1) is 0 Å². The fourth-order valence-electron chi connectivity index (χ4n) is 3.28. The maximum Gasteiger partial charge on any atom is 0.305 e. The molecule has 0 aromatic heterocycles. The predicted octanol–water partition coefficient (Wildman–Crippen LogP) is 5.41. The summed E-state index contributed by atoms with van der Waals surface area (Å²) >= 11 is 14.0. The number of aliphatic carboxylic acids is 1. The number of benzene rings is 2. The van der Waals surface area contributed by atoms with Gasteiger partial charge in [-0.15, -0.1) is 11.8 Å². The lowest BCUT2D eigenvalue weighted by molar-refractivity contribution is -0.138. The van der Waals surface area contributed by atoms with E-state index in [0.29, 0.717) is 10.0 Å². The number of nitrogens with zero attached hydrogens (tertiary/aromatic N) is 1. The minimum Gasteiger partial charge on any atom is -0.481 e. The SMILES string of the molecule is CC(C)N1C(=O)C(CC(=O)O)SC(c2ccccc2Cl)c2cc(Cl)ccc21. The molecule has 1 N–H and O–H groups in total. The molecule has 27 heavy (non-hydrogen) atoms. The topological polar surface area (TPSA) is 57.6 Å². The fraction of sp³-hybridized carbons (Fsp3) is 0.300. The third kappa shape index (κ3) is 4.10. The number of anilines is 1. The summed E-state index contributed by atoms with van der Waals surface area (Å²) in [6.45, 7) is 3.82. The summed E-state index contributed by atoms with van der Waals surface area (Å²) in [6.07, 6.45) is -0.255. The molecule has 0 saturated heterocycles. The quantitative estimate of drug-likeness (QED) is 0.713. The number of amides is 1. The monoisotopic (exact) mass is 423 g/mol. The number of halogens is 2. The Hall–Kier alpha value is -1.69. The van der Waals surface area contributed by atoms with Gasteiger partial charge in [-0.05, 0) is 49.2 Å². The first-order valence-corrected chi connectivity index (χ1v) is 10.2. The third-order valence-electron chi connectivity index (χ3n) is 4.41. The maximum atomic E-state index is 13.2. The number of thioether (sulfide) groups is 1. The Labute approximate surface area is 172 Å². The summed E-state index contributed by atoms with van der Waals surface area (Å²) in [6, 6.07) is 12.7. The maximum absolute atomic E-state index is 13.2. The molecule has 1 aliphatic heterocycles. The van der Waals surface area contributed by atoms with Crippen molar-refractivity contribution >= 4 is 52.5 Å². The molecule has 7 heteroatoms. The van der Waals surface area contributed by atoms with E-state index in [1.165, 1.54) is 11.8 Å². The number of hydrogen-bond donors (Lipinski definition) is 1. The second kappa shape index (κ2) is 8.13. The molecule has 4 nitrogen and oxygen atoms in total. The van der Waals surface area contributed by atoms with Crippen molar-refractivity contribution in [3.63, 3.8) is 0 Å². The van der Waals surface area contributed by atoms with E-state index in [0.717, 1.165) is 16.8 Å². The van der Waals surface area contributed by atoms with Crippen molar-refractivity contribution in [1.82, 2.24) is 0 Å². The van der Waals surface area contributed by atoms with Crippen LogP contribution >= 0.6 is 35.0 Å². The lowest BCUT2D eigenvalue weighted by atomic mass is 10.0. The summed E-state index contributed by atoms with van der Waals surface area (Å²) in [5, 5.41) is 9.44. The fourth-order valence-corrected chi connectivity index (χ4v) is 5.25. The molecule has 1 amide bonds. The Kier molecular flexibility index (Phi) is 6.04. The summed E-state index contributed by atoms with van der Waals surface area (Å²) in [5.74, 6) is -1.22. The Morgan fingerprint density at radius 1 is 1.19 bits per heavy atom. The molecule has 0 spiro atoms. The van der Waals surface area contributed by atoms with Crippen LogP contribution in [0.4, 0.5) is 5.69 Å². The minimum absolute atomic E-state index is 0.126. The molecular weight excluding hydrogens is 405 g/mol. The van der Waals surface area contributed by atoms with Gasteiger partial charge in [-0.1, -0.05) is 41.4 Å². The van der Waals surface area contributed by atoms with Gasteiger partial charge in [-0.25, -0.2) is 0 Å². The number of fused-ring (bicyclic) bond motifs is 1. The molecule has 0 aliphatic carbocycles. The zero-order valence-corrected chi connectivity index (χ0v) is 17.2. The van der Waals surface area contributed by atoms with Crippen molar-refractivity contribution in [2.75, 3.05) is 4.90 Å². The molecule has 2 atom stereocenters. The summed E-state index contributed by atoms with van der Waals surface area (Å²) in [5.41, 5.74) is 2.43. The zero-order chi connectivity index (χ0) is 19.7. The van der Waals surface area contributed by atoms with Gasteiger partial charge < -0.3 is 10.0 Å². The van der Waals surface area contributed by atoms with Crippen LogP contribution in [0.25, 0.3) is 0 Å². The van der Waals surface area contributed by atoms with E-state index in [1.807, 2.05) is 44.2 Å². The van der Waals surface area contributed by atoms with E-state index in [-0.39, 0.29) is 23.6 Å². The molecule has 3 rings (SSSR count). The van der Waals surface area contributed by atoms with E-state index in [1.54, 1.807) is 17.0 Å². The van der Waals surface area contributed by atoms with Crippen LogP contribution in [0.1, 0.15) is 36.6 Å². The number of carboxylic acid groups (broad SMARTS) is 1. The van der Waals surface area contributed by atoms with Crippen LogP contribution in [0.3, 0.4) is 0 Å². The van der Waals surface area contributed by atoms with E-state index >= 15 is 0 Å². The van der Waals surface area contributed by atoms with Crippen molar-refractivity contribution in [1.29, 1.82) is 0 Å². The highest BCUT2D eigenvalue weighted by molar-refractivity contribution is 8.01. The molecule has 1 heterocycles. The van der Waals surface area contributed by atoms with Gasteiger partial charge in [0.2, 0.25) is 5.91 Å². The van der Waals surface area contributed by atoms with Crippen molar-refractivity contribution in [2.45, 2.75) is 36.8 Å². The number of carbonyl (C=O) groups is 2. The van der Waals surface area contributed by atoms with E-state index in [9.17, 15) is 14.7 Å². The predicted molar refractivity (Wildman–Crippen MR) is 111 cm³/mol. The van der Waals surface area contributed by atoms with Gasteiger partial charge in [0, 0.05) is 21.8 Å². The normalized spacial score (nSPS) is 19.7. The first-order chi connectivity index (χ1) is 12.8. The summed E-state index contributed by atoms with van der Waals surface area (Å²) in [4.78, 5) is 26.3. The van der Waals surface area contributed by atoms with Crippen LogP contribution in [0.5, 0.6) is 0 Å². The Morgan fingerprint density at radius 3 is 2.52 bits per heavy atom. The summed E-state index contributed by atoms with van der Waals surface area (Å²) in [7, 11) is 0. The zero-order valence-electron chi connectivity index (χ0n) is 14.9. The van der Waals surface area contributed by atoms with Crippen LogP contribution < -0.4 is 4.90 Å². The van der Waals surface area contributed by atoms with E-state index < -0.39 is 11.2 Å². The molecule has 0 saturated carbocycles. The number of hydrogen-bond acceptors (Lipinski definition) is 3. The van der Waals surface area contributed by atoms with Crippen LogP contribution in [0.15, 0.2) is 42.5 Å². The van der Waals surface area contributed by atoms with E-state index in [2.05, 4.69) is 0 Å². The highest BCUT2D eigenvalue weighted by Crippen LogP contribution is 2.49. The highest BCUT2D eigenvalue weighted by atomic mass is 35.5. The van der Waals surface area contributed by atoms with Gasteiger partial charge >= 0.3 is 5.97 Å². The smallest absolute Gasteiger partial charge is 0.305 e. The average molecular weight is 424 g/mol. The Morgan fingerprint density at radius 2 is 1.89 bits per heavy atom. The van der Waals surface area contributed by atoms with Gasteiger partial charge in [-0.3, -0.25) is 9.59 Å². The molecule has 0 bridgehead atoms. The molecule has 142 valence electrons. The molecule has 0 radical (unpaired) electrons. The van der Waals surface area contributed by atoms with Crippen molar-refractivity contribution in [3.05, 3.63) is 63.6 Å². The van der Waals surface area contributed by atoms with Gasteiger partial charge in [0.1, 0.15) is 0 Å². The number of carboxylic acids is 1. The Bertz CT molecular complexity index is 887. The Balaban J connectivity index is 2.23. The molecule has 2 aromatic rings. The first kappa shape index (κ1) is 20.1. The van der Waals surface area contributed by atoms with Crippen molar-refractivity contribution in [2.24, 2.45) is 0 Å². The largest absolute Gasteiger partial charge is 0.481 e. The molecule has 2 aromatic carbocycles. The molecular formula is C20H19Cl2NO3S. The van der Waals surface area contributed by atoms with Crippen LogP contribution in [-0.2, 0) is 9.59 Å². The molecule has 0 fully saturated rings. The van der Waals surface area contributed by atoms with Crippen LogP contribution in [-0.4, -0.2) is 28.3 Å². The van der Waals surface area contributed by atoms with E-state index in [4.69, 9.17) is 23.2 Å². The van der Waals surface area contributed by atoms with Gasteiger partial charge in [-0.2, -0.15) is 0 Å². The second-order valence-corrected chi connectivity index (χ2v) is 8.79. The molecule has 2 unspecified atom stereocenters. The standard InChI is InChI=1S/C20H19Cl2NO3S/c1-11(2)23-16-8-7-12(21)9-14(16)19(13-5-3-4-6-15(13)22)27-17(20(23)26)10-18(24)25/h3-9,11,17,19H,10H2,1-2H3,(H,24,25). The highest BCUT2D eigenvalue weighted by Gasteiger charge is 2.38. The van der Waals surface area contributed by atoms with Gasteiger partial charge in [0.05, 0.1) is 16.9 Å². The van der Waals surface area contributed by atoms with Crippen molar-refractivity contribution in [3.8, 4) is 0 Å². The van der Waals surface area contributed by atoms with Crippen LogP contribution in [0.2, 0.25) is 10.0 Å². The number of rotatable bonds is 4. The lowest BCUT2D eigenvalue weighted by Crippen LogP contribution is -2.42.